The van der Waals surface area contributed by atoms with E-state index in [2.05, 4.69) is 96.1 Å². The predicted octanol–water partition coefficient (Wildman–Crippen LogP) is 4.87. The van der Waals surface area contributed by atoms with Crippen LogP contribution < -0.4 is 0 Å². The van der Waals surface area contributed by atoms with Crippen LogP contribution in [0.2, 0.25) is 0 Å². The zero-order chi connectivity index (χ0) is 25.7. The molecule has 2 aliphatic heterocycles. The number of piperazine rings is 1. The Morgan fingerprint density at radius 1 is 0.889 bits per heavy atom. The summed E-state index contributed by atoms with van der Waals surface area (Å²) in [5.74, 6) is 0.479. The van der Waals surface area contributed by atoms with Gasteiger partial charge in [0.1, 0.15) is 0 Å². The summed E-state index contributed by atoms with van der Waals surface area (Å²) in [6.07, 6.45) is 1.71. The van der Waals surface area contributed by atoms with Crippen LogP contribution in [0.25, 0.3) is 0 Å². The van der Waals surface area contributed by atoms with E-state index in [1.807, 2.05) is 4.90 Å². The molecule has 0 spiro atoms. The number of likely N-dealkylation sites (tertiary alicyclic amines) is 1. The molecule has 0 saturated carbocycles. The lowest BCUT2D eigenvalue weighted by Gasteiger charge is -2.48. The first-order valence-corrected chi connectivity index (χ1v) is 13.6. The predicted molar refractivity (Wildman–Crippen MR) is 145 cm³/mol. The van der Waals surface area contributed by atoms with Crippen molar-refractivity contribution in [2.24, 2.45) is 5.92 Å². The van der Waals surface area contributed by atoms with Gasteiger partial charge in [-0.1, -0.05) is 74.5 Å². The van der Waals surface area contributed by atoms with E-state index in [9.17, 15) is 9.59 Å². The topological polar surface area (TPSA) is 47.1 Å². The van der Waals surface area contributed by atoms with E-state index in [0.717, 1.165) is 45.6 Å². The van der Waals surface area contributed by atoms with Gasteiger partial charge < -0.3 is 14.7 Å². The molecule has 2 aliphatic rings. The van der Waals surface area contributed by atoms with Crippen molar-refractivity contribution in [3.8, 4) is 0 Å². The highest BCUT2D eigenvalue weighted by molar-refractivity contribution is 5.76. The fourth-order valence-electron chi connectivity index (χ4n) is 5.97. The van der Waals surface area contributed by atoms with Crippen LogP contribution in [0.3, 0.4) is 0 Å². The van der Waals surface area contributed by atoms with Crippen molar-refractivity contribution in [1.82, 2.24) is 19.6 Å². The second-order valence-corrected chi connectivity index (χ2v) is 10.5. The average Bonchev–Trinajstić information content (AvgIpc) is 2.90. The lowest BCUT2D eigenvalue weighted by Crippen LogP contribution is -2.62. The van der Waals surface area contributed by atoms with Gasteiger partial charge in [-0.3, -0.25) is 9.69 Å². The second kappa shape index (κ2) is 11.9. The molecule has 2 heterocycles. The number of rotatable bonds is 6. The Morgan fingerprint density at radius 3 is 1.92 bits per heavy atom. The fourth-order valence-corrected chi connectivity index (χ4v) is 5.97. The minimum absolute atomic E-state index is 0.130. The van der Waals surface area contributed by atoms with Crippen LogP contribution in [0.4, 0.5) is 4.79 Å². The summed E-state index contributed by atoms with van der Waals surface area (Å²) < 4.78 is 0. The van der Waals surface area contributed by atoms with E-state index < -0.39 is 0 Å². The van der Waals surface area contributed by atoms with Crippen molar-refractivity contribution in [3.63, 3.8) is 0 Å². The molecule has 1 atom stereocenters. The molecule has 36 heavy (non-hydrogen) atoms. The zero-order valence-corrected chi connectivity index (χ0v) is 22.3. The van der Waals surface area contributed by atoms with Crippen molar-refractivity contribution in [3.05, 3.63) is 71.8 Å². The van der Waals surface area contributed by atoms with Crippen molar-refractivity contribution in [2.75, 3.05) is 39.3 Å². The van der Waals surface area contributed by atoms with Gasteiger partial charge in [-0.05, 0) is 36.8 Å². The number of carbonyl (C=O) groups is 2. The minimum Gasteiger partial charge on any atom is -0.343 e. The molecule has 0 aromatic heterocycles. The molecule has 6 nitrogen and oxygen atoms in total. The van der Waals surface area contributed by atoms with Crippen molar-refractivity contribution in [2.45, 2.75) is 58.7 Å². The first-order valence-electron chi connectivity index (χ1n) is 13.6. The van der Waals surface area contributed by atoms with Gasteiger partial charge >= 0.3 is 6.03 Å². The molecule has 2 aromatic rings. The Hall–Kier alpha value is -2.86. The molecule has 2 aromatic carbocycles. The molecule has 6 heteroatoms. The molecule has 3 amide bonds. The van der Waals surface area contributed by atoms with E-state index in [1.165, 1.54) is 11.1 Å². The van der Waals surface area contributed by atoms with Gasteiger partial charge in [0.2, 0.25) is 5.91 Å². The second-order valence-electron chi connectivity index (χ2n) is 10.5. The molecule has 0 radical (unpaired) electrons. The first-order chi connectivity index (χ1) is 17.4. The van der Waals surface area contributed by atoms with E-state index in [4.69, 9.17) is 0 Å². The monoisotopic (exact) mass is 490 g/mol. The first kappa shape index (κ1) is 26.2. The van der Waals surface area contributed by atoms with Crippen LogP contribution in [-0.4, -0.2) is 82.9 Å². The summed E-state index contributed by atoms with van der Waals surface area (Å²) in [6, 6.07) is 22.1. The molecular formula is C30H42N4O2. The van der Waals surface area contributed by atoms with Gasteiger partial charge in [-0.2, -0.15) is 0 Å². The Morgan fingerprint density at radius 2 is 1.44 bits per heavy atom. The summed E-state index contributed by atoms with van der Waals surface area (Å²) in [7, 11) is 0. The highest BCUT2D eigenvalue weighted by Crippen LogP contribution is 2.32. The molecule has 0 bridgehead atoms. The zero-order valence-electron chi connectivity index (χ0n) is 22.3. The van der Waals surface area contributed by atoms with Crippen LogP contribution in [0.1, 0.15) is 57.7 Å². The Kier molecular flexibility index (Phi) is 8.68. The van der Waals surface area contributed by atoms with Crippen molar-refractivity contribution >= 4 is 11.9 Å². The quantitative estimate of drug-likeness (QED) is 0.580. The smallest absolute Gasteiger partial charge is 0.320 e. The number of hydrogen-bond donors (Lipinski definition) is 0. The van der Waals surface area contributed by atoms with Gasteiger partial charge in [0.15, 0.2) is 0 Å². The molecular weight excluding hydrogens is 448 g/mol. The average molecular weight is 491 g/mol. The normalized spacial score (nSPS) is 19.7. The molecule has 2 fully saturated rings. The summed E-state index contributed by atoms with van der Waals surface area (Å²) in [6.45, 7) is 12.8. The maximum atomic E-state index is 13.9. The molecule has 194 valence electrons. The van der Waals surface area contributed by atoms with Crippen LogP contribution in [-0.2, 0) is 4.79 Å². The van der Waals surface area contributed by atoms with Gasteiger partial charge in [0, 0.05) is 58.3 Å². The van der Waals surface area contributed by atoms with Gasteiger partial charge in [0.05, 0.1) is 6.04 Å². The van der Waals surface area contributed by atoms with Crippen LogP contribution in [0.15, 0.2) is 60.7 Å². The Labute approximate surface area is 216 Å². The summed E-state index contributed by atoms with van der Waals surface area (Å²) in [5.41, 5.74) is 2.58. The third-order valence-corrected chi connectivity index (χ3v) is 8.00. The van der Waals surface area contributed by atoms with Crippen molar-refractivity contribution < 1.29 is 9.59 Å². The standard InChI is InChI=1S/C30H42N4O2/c1-5-33(27-16-18-31(19-17-27)24(4)35)30(36)34-21-20-32(22-28(34)23(2)3)29(25-12-8-6-9-13-25)26-14-10-7-11-15-26/h6-15,23,27-29H,5,16-22H2,1-4H3/t28-/m1/s1. The van der Waals surface area contributed by atoms with Crippen molar-refractivity contribution in [1.29, 1.82) is 0 Å². The number of benzene rings is 2. The SMILES string of the molecule is CCN(C(=O)N1CCN(C(c2ccccc2)c2ccccc2)C[C@@H]1C(C)C)C1CCN(C(C)=O)CC1. The minimum atomic E-state index is 0.130. The van der Waals surface area contributed by atoms with Gasteiger partial charge in [-0.15, -0.1) is 0 Å². The maximum Gasteiger partial charge on any atom is 0.320 e. The number of carbonyl (C=O) groups excluding carboxylic acids is 2. The third kappa shape index (κ3) is 5.75. The molecule has 0 unspecified atom stereocenters. The Bertz CT molecular complexity index is 949. The fraction of sp³-hybridized carbons (Fsp3) is 0.533. The number of hydrogen-bond acceptors (Lipinski definition) is 3. The molecule has 0 aliphatic carbocycles. The van der Waals surface area contributed by atoms with E-state index in [1.54, 1.807) is 6.92 Å². The number of nitrogens with zero attached hydrogens (tertiary/aromatic N) is 4. The van der Waals surface area contributed by atoms with E-state index >= 15 is 0 Å². The lowest BCUT2D eigenvalue weighted by molar-refractivity contribution is -0.130. The van der Waals surface area contributed by atoms with Crippen LogP contribution >= 0.6 is 0 Å². The summed E-state index contributed by atoms with van der Waals surface area (Å²) in [4.78, 5) is 34.4. The van der Waals surface area contributed by atoms with E-state index in [0.29, 0.717) is 12.5 Å². The van der Waals surface area contributed by atoms with E-state index in [-0.39, 0.29) is 30.1 Å². The van der Waals surface area contributed by atoms with Gasteiger partial charge in [-0.25, -0.2) is 4.79 Å². The maximum absolute atomic E-state index is 13.9. The lowest BCUT2D eigenvalue weighted by atomic mass is 9.93. The summed E-state index contributed by atoms with van der Waals surface area (Å²) >= 11 is 0. The molecule has 2 saturated heterocycles. The van der Waals surface area contributed by atoms with Crippen LogP contribution in [0.5, 0.6) is 0 Å². The number of piperidine rings is 1. The molecule has 0 N–H and O–H groups in total. The van der Waals surface area contributed by atoms with Crippen LogP contribution in [0, 0.1) is 5.92 Å². The number of amides is 3. The highest BCUT2D eigenvalue weighted by atomic mass is 16.2. The van der Waals surface area contributed by atoms with Gasteiger partial charge in [0.25, 0.3) is 0 Å². The largest absolute Gasteiger partial charge is 0.343 e. The third-order valence-electron chi connectivity index (χ3n) is 8.00. The Balaban J connectivity index is 1.52. The number of urea groups is 1. The molecule has 4 rings (SSSR count). The summed E-state index contributed by atoms with van der Waals surface area (Å²) in [5, 5.41) is 0. The highest BCUT2D eigenvalue weighted by Gasteiger charge is 2.39.